The van der Waals surface area contributed by atoms with Gasteiger partial charge in [-0.25, -0.2) is 9.07 Å². The molecule has 170 valence electrons. The number of benzene rings is 2. The second-order valence-electron chi connectivity index (χ2n) is 8.51. The van der Waals surface area contributed by atoms with E-state index in [0.717, 1.165) is 31.9 Å². The summed E-state index contributed by atoms with van der Waals surface area (Å²) < 4.78 is 22.2. The predicted octanol–water partition coefficient (Wildman–Crippen LogP) is 3.98. The zero-order chi connectivity index (χ0) is 22.8. The van der Waals surface area contributed by atoms with E-state index in [-0.39, 0.29) is 5.82 Å². The SMILES string of the molecule is Cc1ccc(C)c(N2CCN([C@@H](c3ccccc3F)c3nnnn3Cc3ccco3)CC2)c1. The summed E-state index contributed by atoms with van der Waals surface area (Å²) in [5, 5.41) is 12.4. The Bertz CT molecular complexity index is 1210. The standard InChI is InChI=1S/C25H27FN6O/c1-18-9-10-19(2)23(16-18)30-11-13-31(14-12-30)24(21-7-3-4-8-22(21)26)25-27-28-29-32(25)17-20-6-5-15-33-20/h3-10,15-16,24H,11-14,17H2,1-2H3/t24-/m0/s1. The molecule has 0 saturated carbocycles. The van der Waals surface area contributed by atoms with Crippen LogP contribution in [0.3, 0.4) is 0 Å². The van der Waals surface area contributed by atoms with Gasteiger partial charge in [-0.15, -0.1) is 5.10 Å². The zero-order valence-electron chi connectivity index (χ0n) is 18.9. The van der Waals surface area contributed by atoms with Gasteiger partial charge in [-0.05, 0) is 59.7 Å². The number of hydrogen-bond donors (Lipinski definition) is 0. The number of hydrogen-bond acceptors (Lipinski definition) is 6. The normalized spacial score (nSPS) is 15.7. The maximum Gasteiger partial charge on any atom is 0.173 e. The van der Waals surface area contributed by atoms with Gasteiger partial charge in [0.05, 0.1) is 6.26 Å². The molecule has 1 aliphatic rings. The number of nitrogens with zero attached hydrogens (tertiary/aromatic N) is 6. The monoisotopic (exact) mass is 446 g/mol. The molecule has 0 spiro atoms. The molecular weight excluding hydrogens is 419 g/mol. The lowest BCUT2D eigenvalue weighted by Crippen LogP contribution is -2.48. The number of aryl methyl sites for hydroxylation is 2. The first-order valence-electron chi connectivity index (χ1n) is 11.2. The van der Waals surface area contributed by atoms with Crippen LogP contribution in [0.15, 0.2) is 65.3 Å². The highest BCUT2D eigenvalue weighted by Gasteiger charge is 2.32. The molecule has 0 radical (unpaired) electrons. The van der Waals surface area contributed by atoms with Crippen molar-refractivity contribution in [1.82, 2.24) is 25.1 Å². The van der Waals surface area contributed by atoms with Crippen LogP contribution in [-0.2, 0) is 6.54 Å². The lowest BCUT2D eigenvalue weighted by Gasteiger charge is -2.40. The molecule has 0 unspecified atom stereocenters. The Morgan fingerprint density at radius 3 is 2.58 bits per heavy atom. The van der Waals surface area contributed by atoms with Gasteiger partial charge in [0.15, 0.2) is 5.82 Å². The van der Waals surface area contributed by atoms with Crippen molar-refractivity contribution < 1.29 is 8.81 Å². The molecule has 2 aromatic carbocycles. The van der Waals surface area contributed by atoms with Gasteiger partial charge in [0.25, 0.3) is 0 Å². The number of halogens is 1. The Kier molecular flexibility index (Phi) is 5.92. The second-order valence-corrected chi connectivity index (χ2v) is 8.51. The fraction of sp³-hybridized carbons (Fsp3) is 0.320. The van der Waals surface area contributed by atoms with Gasteiger partial charge in [0.2, 0.25) is 0 Å². The lowest BCUT2D eigenvalue weighted by atomic mass is 10.0. The number of furan rings is 1. The van der Waals surface area contributed by atoms with Crippen LogP contribution in [0.4, 0.5) is 10.1 Å². The van der Waals surface area contributed by atoms with E-state index in [4.69, 9.17) is 4.42 Å². The van der Waals surface area contributed by atoms with Crippen LogP contribution in [0.5, 0.6) is 0 Å². The summed E-state index contributed by atoms with van der Waals surface area (Å²) in [4.78, 5) is 4.67. The van der Waals surface area contributed by atoms with Gasteiger partial charge in [-0.3, -0.25) is 4.90 Å². The Morgan fingerprint density at radius 1 is 1.00 bits per heavy atom. The number of rotatable bonds is 6. The number of tetrazole rings is 1. The van der Waals surface area contributed by atoms with Crippen molar-refractivity contribution in [2.24, 2.45) is 0 Å². The summed E-state index contributed by atoms with van der Waals surface area (Å²) in [6.07, 6.45) is 1.63. The van der Waals surface area contributed by atoms with Crippen molar-refractivity contribution in [3.63, 3.8) is 0 Å². The van der Waals surface area contributed by atoms with Crippen molar-refractivity contribution in [2.45, 2.75) is 26.4 Å². The van der Waals surface area contributed by atoms with Gasteiger partial charge in [-0.2, -0.15) is 0 Å². The van der Waals surface area contributed by atoms with Gasteiger partial charge < -0.3 is 9.32 Å². The summed E-state index contributed by atoms with van der Waals surface area (Å²) in [6.45, 7) is 7.87. The van der Waals surface area contributed by atoms with Crippen LogP contribution in [0, 0.1) is 19.7 Å². The first-order chi connectivity index (χ1) is 16.1. The van der Waals surface area contributed by atoms with Crippen LogP contribution in [0.2, 0.25) is 0 Å². The third-order valence-electron chi connectivity index (χ3n) is 6.27. The Labute approximate surface area is 192 Å². The quantitative estimate of drug-likeness (QED) is 0.446. The molecule has 33 heavy (non-hydrogen) atoms. The van der Waals surface area contributed by atoms with Crippen LogP contribution in [0.1, 0.15) is 34.3 Å². The summed E-state index contributed by atoms with van der Waals surface area (Å²) in [5.74, 6) is 1.10. The molecule has 1 aliphatic heterocycles. The van der Waals surface area contributed by atoms with E-state index in [0.29, 0.717) is 17.9 Å². The highest BCUT2D eigenvalue weighted by molar-refractivity contribution is 5.55. The van der Waals surface area contributed by atoms with Gasteiger partial charge in [0.1, 0.15) is 24.2 Å². The minimum Gasteiger partial charge on any atom is -0.467 e. The Balaban J connectivity index is 1.44. The van der Waals surface area contributed by atoms with Crippen molar-refractivity contribution in [1.29, 1.82) is 0 Å². The molecule has 1 fully saturated rings. The van der Waals surface area contributed by atoms with E-state index < -0.39 is 6.04 Å². The van der Waals surface area contributed by atoms with Crippen LogP contribution >= 0.6 is 0 Å². The molecule has 0 aliphatic carbocycles. The Morgan fingerprint density at radius 2 is 1.82 bits per heavy atom. The van der Waals surface area contributed by atoms with E-state index in [2.05, 4.69) is 57.4 Å². The van der Waals surface area contributed by atoms with Gasteiger partial charge >= 0.3 is 0 Å². The third-order valence-corrected chi connectivity index (χ3v) is 6.27. The maximum atomic E-state index is 15.0. The second kappa shape index (κ2) is 9.15. The topological polar surface area (TPSA) is 63.2 Å². The molecule has 0 bridgehead atoms. The number of piperazine rings is 1. The molecule has 2 aromatic heterocycles. The van der Waals surface area contributed by atoms with E-state index >= 15 is 4.39 Å². The van der Waals surface area contributed by atoms with Crippen molar-refractivity contribution in [3.05, 3.63) is 95.0 Å². The van der Waals surface area contributed by atoms with E-state index in [1.165, 1.54) is 22.9 Å². The number of anilines is 1. The smallest absolute Gasteiger partial charge is 0.173 e. The average Bonchev–Trinajstić information content (AvgIpc) is 3.50. The Hall–Kier alpha value is -3.52. The summed E-state index contributed by atoms with van der Waals surface area (Å²) >= 11 is 0. The molecule has 0 amide bonds. The highest BCUT2D eigenvalue weighted by Crippen LogP contribution is 2.31. The van der Waals surface area contributed by atoms with Gasteiger partial charge in [0, 0.05) is 37.4 Å². The van der Waals surface area contributed by atoms with Crippen LogP contribution < -0.4 is 4.90 Å². The van der Waals surface area contributed by atoms with Gasteiger partial charge in [-0.1, -0.05) is 30.3 Å². The fourth-order valence-electron chi connectivity index (χ4n) is 4.55. The molecule has 8 heteroatoms. The van der Waals surface area contributed by atoms with Crippen molar-refractivity contribution in [2.75, 3.05) is 31.1 Å². The largest absolute Gasteiger partial charge is 0.467 e. The predicted molar refractivity (Wildman–Crippen MR) is 124 cm³/mol. The molecule has 7 nitrogen and oxygen atoms in total. The third kappa shape index (κ3) is 4.39. The van der Waals surface area contributed by atoms with E-state index in [1.807, 2.05) is 24.3 Å². The molecule has 1 atom stereocenters. The minimum atomic E-state index is -0.392. The molecular formula is C25H27FN6O. The molecule has 1 saturated heterocycles. The molecule has 3 heterocycles. The highest BCUT2D eigenvalue weighted by atomic mass is 19.1. The van der Waals surface area contributed by atoms with Crippen LogP contribution in [0.25, 0.3) is 0 Å². The van der Waals surface area contributed by atoms with Crippen LogP contribution in [-0.4, -0.2) is 51.3 Å². The average molecular weight is 447 g/mol. The minimum absolute atomic E-state index is 0.257. The van der Waals surface area contributed by atoms with Crippen molar-refractivity contribution in [3.8, 4) is 0 Å². The first-order valence-corrected chi connectivity index (χ1v) is 11.2. The maximum absolute atomic E-state index is 15.0. The fourth-order valence-corrected chi connectivity index (χ4v) is 4.55. The number of aromatic nitrogens is 4. The summed E-state index contributed by atoms with van der Waals surface area (Å²) in [6, 6.07) is 16.8. The molecule has 4 aromatic rings. The first kappa shape index (κ1) is 21.3. The molecule has 0 N–H and O–H groups in total. The lowest BCUT2D eigenvalue weighted by molar-refractivity contribution is 0.197. The van der Waals surface area contributed by atoms with Crippen molar-refractivity contribution >= 4 is 5.69 Å². The molecule has 5 rings (SSSR count). The zero-order valence-corrected chi connectivity index (χ0v) is 18.9. The summed E-state index contributed by atoms with van der Waals surface area (Å²) in [5.41, 5.74) is 4.36. The van der Waals surface area contributed by atoms with E-state index in [9.17, 15) is 0 Å². The summed E-state index contributed by atoms with van der Waals surface area (Å²) in [7, 11) is 0. The van der Waals surface area contributed by atoms with E-state index in [1.54, 1.807) is 17.0 Å².